The first-order valence-electron chi connectivity index (χ1n) is 18.9. The number of amides is 3. The van der Waals surface area contributed by atoms with Crippen LogP contribution in [-0.2, 0) is 30.3 Å². The van der Waals surface area contributed by atoms with E-state index in [0.29, 0.717) is 18.5 Å². The largest absolute Gasteiger partial charge is 0.480 e. The monoisotopic (exact) mass is 735 g/mol. The third-order valence-electron chi connectivity index (χ3n) is 11.1. The van der Waals surface area contributed by atoms with Crippen molar-refractivity contribution in [1.29, 1.82) is 0 Å². The van der Waals surface area contributed by atoms with Crippen LogP contribution in [0.2, 0.25) is 0 Å². The molecular weight excluding hydrogens is 669 g/mol. The number of likely N-dealkylation sites (N-methyl/N-ethyl adjacent to an activating group) is 2. The molecule has 1 aliphatic rings. The predicted molar refractivity (Wildman–Crippen MR) is 200 cm³/mol. The van der Waals surface area contributed by atoms with Gasteiger partial charge in [-0.1, -0.05) is 73.9 Å². The number of nitrogens with zero attached hydrogens (tertiary/aromatic N) is 2. The number of carbonyl (C=O) groups excluding carboxylic acids is 3. The summed E-state index contributed by atoms with van der Waals surface area (Å²) >= 11 is 0. The molecule has 296 valence electrons. The number of likely N-dealkylation sites (tertiary alicyclic amines) is 1. The second-order valence-electron chi connectivity index (χ2n) is 15.4. The summed E-state index contributed by atoms with van der Waals surface area (Å²) in [6, 6.07) is 2.76. The van der Waals surface area contributed by atoms with Crippen molar-refractivity contribution >= 4 is 23.7 Å². The Kier molecular flexibility index (Phi) is 18.1. The fraction of sp³-hybridized carbons (Fsp3) is 0.744. The molecule has 0 saturated carbocycles. The van der Waals surface area contributed by atoms with E-state index in [2.05, 4.69) is 16.0 Å². The fourth-order valence-electron chi connectivity index (χ4n) is 7.55. The fourth-order valence-corrected chi connectivity index (χ4v) is 7.55. The number of aliphatic carboxylic acids is 1. The van der Waals surface area contributed by atoms with Gasteiger partial charge < -0.3 is 35.4 Å². The van der Waals surface area contributed by atoms with Crippen molar-refractivity contribution in [3.63, 3.8) is 0 Å². The quantitative estimate of drug-likeness (QED) is 0.119. The number of nitrogens with one attached hydrogen (secondary N) is 3. The summed E-state index contributed by atoms with van der Waals surface area (Å²) in [6.45, 7) is 16.1. The van der Waals surface area contributed by atoms with E-state index in [1.807, 2.05) is 48.5 Å². The second-order valence-corrected chi connectivity index (χ2v) is 15.4. The molecule has 1 aromatic rings. The van der Waals surface area contributed by atoms with Gasteiger partial charge in [-0.05, 0) is 61.3 Å². The number of hydrogen-bond acceptors (Lipinski definition) is 8. The van der Waals surface area contributed by atoms with Gasteiger partial charge in [0.25, 0.3) is 0 Å². The summed E-state index contributed by atoms with van der Waals surface area (Å²) in [4.78, 5) is 57.1. The molecular formula is C39H66FN5O7. The molecule has 2 rings (SSSR count). The molecule has 10 atom stereocenters. The molecule has 0 bridgehead atoms. The van der Waals surface area contributed by atoms with E-state index >= 15 is 0 Å². The summed E-state index contributed by atoms with van der Waals surface area (Å²) in [7, 11) is 5.06. The van der Waals surface area contributed by atoms with Gasteiger partial charge in [-0.25, -0.2) is 9.18 Å². The second kappa shape index (κ2) is 20.9. The molecule has 1 fully saturated rings. The zero-order valence-corrected chi connectivity index (χ0v) is 33.2. The van der Waals surface area contributed by atoms with Crippen molar-refractivity contribution in [2.75, 3.05) is 27.7 Å². The highest BCUT2D eigenvalue weighted by molar-refractivity contribution is 5.85. The Labute approximate surface area is 310 Å². The number of rotatable bonds is 21. The average molecular weight is 736 g/mol. The first-order valence-corrected chi connectivity index (χ1v) is 18.9. The lowest BCUT2D eigenvalue weighted by atomic mass is 9.86. The Morgan fingerprint density at radius 3 is 2.25 bits per heavy atom. The number of carbonyl (C=O) groups is 4. The lowest BCUT2D eigenvalue weighted by molar-refractivity contribution is -0.146. The van der Waals surface area contributed by atoms with Crippen LogP contribution in [0.4, 0.5) is 4.39 Å². The van der Waals surface area contributed by atoms with Gasteiger partial charge in [0.2, 0.25) is 17.7 Å². The van der Waals surface area contributed by atoms with Gasteiger partial charge in [0, 0.05) is 45.1 Å². The van der Waals surface area contributed by atoms with Crippen molar-refractivity contribution in [2.24, 2.45) is 29.6 Å². The maximum Gasteiger partial charge on any atom is 0.326 e. The number of aliphatic hydroxyl groups is 1. The minimum absolute atomic E-state index is 0.0169. The highest BCUT2D eigenvalue weighted by Gasteiger charge is 2.42. The number of aliphatic hydroxyl groups excluding tert-OH is 1. The highest BCUT2D eigenvalue weighted by atomic mass is 19.1. The van der Waals surface area contributed by atoms with Crippen molar-refractivity contribution in [3.05, 3.63) is 35.6 Å². The van der Waals surface area contributed by atoms with Crippen LogP contribution in [0.15, 0.2) is 24.3 Å². The summed E-state index contributed by atoms with van der Waals surface area (Å²) in [5.41, 5.74) is 0.457. The van der Waals surface area contributed by atoms with Crippen molar-refractivity contribution in [2.45, 2.75) is 130 Å². The van der Waals surface area contributed by atoms with Crippen molar-refractivity contribution in [1.82, 2.24) is 25.8 Å². The number of ether oxygens (including phenoxy) is 1. The molecule has 0 spiro atoms. The first kappa shape index (κ1) is 45.0. The smallest absolute Gasteiger partial charge is 0.326 e. The van der Waals surface area contributed by atoms with E-state index < -0.39 is 54.1 Å². The minimum Gasteiger partial charge on any atom is -0.480 e. The van der Waals surface area contributed by atoms with Gasteiger partial charge in [-0.3, -0.25) is 19.7 Å². The van der Waals surface area contributed by atoms with Crippen molar-refractivity contribution < 1.29 is 38.5 Å². The molecule has 6 unspecified atom stereocenters. The number of methoxy groups -OCH3 is 1. The van der Waals surface area contributed by atoms with Crippen LogP contribution >= 0.6 is 0 Å². The van der Waals surface area contributed by atoms with Gasteiger partial charge >= 0.3 is 5.97 Å². The molecule has 1 aromatic carbocycles. The van der Waals surface area contributed by atoms with Gasteiger partial charge in [-0.2, -0.15) is 0 Å². The maximum atomic E-state index is 14.1. The molecule has 3 amide bonds. The number of hydrogen-bond donors (Lipinski definition) is 5. The van der Waals surface area contributed by atoms with E-state index in [0.717, 1.165) is 12.8 Å². The SMILES string of the molecule is CCC(C)C(C(CC(=O)N1CCC[C@H]1C(C)[C@@H](C)C(=O)N[C@@H](Cc1cccc(F)c1)C(=O)O)OC)N(C)C(=O)[C@@H](NC(O)C(NC)C(C)C)C(C)C. The molecule has 12 nitrogen and oxygen atoms in total. The third kappa shape index (κ3) is 11.9. The molecule has 1 aliphatic heterocycles. The van der Waals surface area contributed by atoms with Gasteiger partial charge in [-0.15, -0.1) is 0 Å². The van der Waals surface area contributed by atoms with Gasteiger partial charge in [0.1, 0.15) is 18.1 Å². The van der Waals surface area contributed by atoms with E-state index in [1.165, 1.54) is 18.2 Å². The third-order valence-corrected chi connectivity index (χ3v) is 11.1. The standard InChI is InChI=1S/C39H66FN5O7/c1-12-24(6)35(44(10)38(49)34(23(4)5)43-37(48)33(41-9)22(2)3)31(52-11)21-32(46)45-18-14-17-30(45)25(7)26(8)36(47)42-29(39(50)51)20-27-15-13-16-28(40)19-27/h13,15-16,19,22-26,29-31,33-35,37,41,43,48H,12,14,17-18,20-21H2,1-11H3,(H,42,47)(H,50,51)/t24?,25?,26-,29+,30+,31?,33?,34+,35?,37?/m1/s1. The Morgan fingerprint density at radius 1 is 1.08 bits per heavy atom. The van der Waals surface area contributed by atoms with E-state index in [1.54, 1.807) is 44.0 Å². The van der Waals surface area contributed by atoms with Crippen LogP contribution in [0, 0.1) is 35.4 Å². The maximum absolute atomic E-state index is 14.1. The van der Waals surface area contributed by atoms with Crippen LogP contribution < -0.4 is 16.0 Å². The molecule has 1 heterocycles. The van der Waals surface area contributed by atoms with E-state index in [9.17, 15) is 33.8 Å². The van der Waals surface area contributed by atoms with E-state index in [-0.39, 0.29) is 60.4 Å². The molecule has 1 saturated heterocycles. The Bertz CT molecular complexity index is 1320. The normalized spacial score (nSPS) is 20.1. The highest BCUT2D eigenvalue weighted by Crippen LogP contribution is 2.31. The lowest BCUT2D eigenvalue weighted by Crippen LogP contribution is -2.61. The van der Waals surface area contributed by atoms with Crippen LogP contribution in [0.3, 0.4) is 0 Å². The van der Waals surface area contributed by atoms with Gasteiger partial charge in [0.15, 0.2) is 0 Å². The number of carboxylic acid groups (broad SMARTS) is 1. The molecule has 52 heavy (non-hydrogen) atoms. The number of carboxylic acids is 1. The first-order chi connectivity index (χ1) is 24.4. The summed E-state index contributed by atoms with van der Waals surface area (Å²) in [5, 5.41) is 29.7. The predicted octanol–water partition coefficient (Wildman–Crippen LogP) is 3.66. The zero-order valence-electron chi connectivity index (χ0n) is 33.2. The molecule has 5 N–H and O–H groups in total. The molecule has 13 heteroatoms. The molecule has 0 radical (unpaired) electrons. The van der Waals surface area contributed by atoms with E-state index in [4.69, 9.17) is 4.74 Å². The van der Waals surface area contributed by atoms with Crippen LogP contribution in [0.5, 0.6) is 0 Å². The minimum atomic E-state index is -1.24. The van der Waals surface area contributed by atoms with Crippen LogP contribution in [0.25, 0.3) is 0 Å². The summed E-state index contributed by atoms with van der Waals surface area (Å²) in [5.74, 6) is -3.42. The van der Waals surface area contributed by atoms with Crippen LogP contribution in [-0.4, -0.2) is 114 Å². The van der Waals surface area contributed by atoms with Gasteiger partial charge in [0.05, 0.1) is 24.6 Å². The Hall–Kier alpha value is -3.13. The lowest BCUT2D eigenvalue weighted by Gasteiger charge is -2.41. The summed E-state index contributed by atoms with van der Waals surface area (Å²) < 4.78 is 19.7. The average Bonchev–Trinajstić information content (AvgIpc) is 3.59. The summed E-state index contributed by atoms with van der Waals surface area (Å²) in [6.07, 6.45) is 0.564. The number of benzene rings is 1. The molecule has 0 aliphatic carbocycles. The van der Waals surface area contributed by atoms with Crippen LogP contribution in [0.1, 0.15) is 86.6 Å². The Balaban J connectivity index is 2.22. The number of halogens is 1. The zero-order chi connectivity index (χ0) is 39.4. The van der Waals surface area contributed by atoms with Crippen molar-refractivity contribution in [3.8, 4) is 0 Å². The molecule has 0 aromatic heterocycles. The topological polar surface area (TPSA) is 161 Å². The Morgan fingerprint density at radius 2 is 1.73 bits per heavy atom.